The van der Waals surface area contributed by atoms with E-state index in [0.29, 0.717) is 24.3 Å². The third kappa shape index (κ3) is 3.62. The van der Waals surface area contributed by atoms with Crippen LogP contribution in [0.1, 0.15) is 12.0 Å². The predicted octanol–water partition coefficient (Wildman–Crippen LogP) is 1.45. The van der Waals surface area contributed by atoms with Crippen LogP contribution in [-0.4, -0.2) is 42.2 Å². The summed E-state index contributed by atoms with van der Waals surface area (Å²) in [6.45, 7) is 0.628. The van der Waals surface area contributed by atoms with Crippen LogP contribution in [0, 0.1) is 11.7 Å². The molecule has 0 saturated carbocycles. The summed E-state index contributed by atoms with van der Waals surface area (Å²) in [7, 11) is 1.45. The van der Waals surface area contributed by atoms with Crippen LogP contribution >= 0.6 is 0 Å². The number of rotatable bonds is 4. The normalized spacial score (nSPS) is 17.6. The first kappa shape index (κ1) is 15.1. The number of nitrogens with one attached hydrogen (secondary N) is 1. The van der Waals surface area contributed by atoms with Crippen molar-refractivity contribution in [3.8, 4) is 5.75 Å². The minimum absolute atomic E-state index is 0.0445. The van der Waals surface area contributed by atoms with Crippen LogP contribution in [-0.2, 0) is 11.3 Å². The van der Waals surface area contributed by atoms with Gasteiger partial charge in [0.2, 0.25) is 0 Å². The highest BCUT2D eigenvalue weighted by Crippen LogP contribution is 2.18. The highest BCUT2D eigenvalue weighted by molar-refractivity contribution is 5.77. The van der Waals surface area contributed by atoms with Crippen LogP contribution in [0.3, 0.4) is 0 Å². The number of likely N-dealkylation sites (tertiary alicyclic amines) is 1. The second-order valence-corrected chi connectivity index (χ2v) is 4.89. The largest absolute Gasteiger partial charge is 0.497 e. The quantitative estimate of drug-likeness (QED) is 0.881. The molecule has 1 aliphatic heterocycles. The topological polar surface area (TPSA) is 78.9 Å². The summed E-state index contributed by atoms with van der Waals surface area (Å²) < 4.78 is 18.6. The van der Waals surface area contributed by atoms with Gasteiger partial charge in [-0.15, -0.1) is 0 Å². The van der Waals surface area contributed by atoms with Gasteiger partial charge < -0.3 is 20.1 Å². The number of benzene rings is 1. The number of carboxylic acids is 1. The van der Waals surface area contributed by atoms with E-state index in [2.05, 4.69) is 5.32 Å². The lowest BCUT2D eigenvalue weighted by Gasteiger charge is -2.17. The van der Waals surface area contributed by atoms with Crippen LogP contribution < -0.4 is 10.1 Å². The summed E-state index contributed by atoms with van der Waals surface area (Å²) in [5.41, 5.74) is 0.345. The zero-order valence-corrected chi connectivity index (χ0v) is 11.6. The number of urea groups is 1. The Morgan fingerprint density at radius 3 is 2.86 bits per heavy atom. The molecule has 0 aliphatic carbocycles. The Kier molecular flexibility index (Phi) is 4.62. The number of methoxy groups -OCH3 is 1. The maximum Gasteiger partial charge on any atom is 0.317 e. The number of carboxylic acid groups (broad SMARTS) is 1. The number of halogens is 1. The molecule has 6 nitrogen and oxygen atoms in total. The maximum atomic E-state index is 13.7. The van der Waals surface area contributed by atoms with Gasteiger partial charge in [0.05, 0.1) is 13.0 Å². The second-order valence-electron chi connectivity index (χ2n) is 4.89. The fourth-order valence-corrected chi connectivity index (χ4v) is 2.23. The molecular weight excluding hydrogens is 279 g/mol. The average Bonchev–Trinajstić information content (AvgIpc) is 2.95. The van der Waals surface area contributed by atoms with Gasteiger partial charge in [-0.25, -0.2) is 9.18 Å². The molecule has 0 radical (unpaired) electrons. The van der Waals surface area contributed by atoms with Gasteiger partial charge in [-0.3, -0.25) is 4.79 Å². The standard InChI is InChI=1S/C14H17FN2O4/c1-21-11-3-2-9(12(15)6-11)7-16-14(20)17-5-4-10(8-17)13(18)19/h2-3,6,10H,4-5,7-8H2,1H3,(H,16,20)(H,18,19). The number of carbonyl (C=O) groups is 2. The van der Waals surface area contributed by atoms with Crippen LogP contribution in [0.25, 0.3) is 0 Å². The number of hydrogen-bond donors (Lipinski definition) is 2. The van der Waals surface area contributed by atoms with E-state index >= 15 is 0 Å². The Bertz CT molecular complexity index is 550. The molecule has 1 fully saturated rings. The highest BCUT2D eigenvalue weighted by atomic mass is 19.1. The number of amides is 2. The molecule has 1 saturated heterocycles. The number of ether oxygens (including phenoxy) is 1. The van der Waals surface area contributed by atoms with Gasteiger partial charge >= 0.3 is 12.0 Å². The predicted molar refractivity (Wildman–Crippen MR) is 72.5 cm³/mol. The molecule has 0 bridgehead atoms. The van der Waals surface area contributed by atoms with Crippen molar-refractivity contribution in [1.29, 1.82) is 0 Å². The second kappa shape index (κ2) is 6.43. The SMILES string of the molecule is COc1ccc(CNC(=O)N2CCC(C(=O)O)C2)c(F)c1. The summed E-state index contributed by atoms with van der Waals surface area (Å²) in [4.78, 5) is 24.2. The van der Waals surface area contributed by atoms with Crippen molar-refractivity contribution in [2.75, 3.05) is 20.2 Å². The van der Waals surface area contributed by atoms with Crippen LogP contribution in [0.5, 0.6) is 5.75 Å². The molecule has 1 aromatic carbocycles. The van der Waals surface area contributed by atoms with E-state index in [-0.39, 0.29) is 19.1 Å². The van der Waals surface area contributed by atoms with Crippen molar-refractivity contribution >= 4 is 12.0 Å². The van der Waals surface area contributed by atoms with Crippen molar-refractivity contribution < 1.29 is 23.8 Å². The van der Waals surface area contributed by atoms with E-state index < -0.39 is 17.7 Å². The molecule has 21 heavy (non-hydrogen) atoms. The highest BCUT2D eigenvalue weighted by Gasteiger charge is 2.30. The molecule has 1 unspecified atom stereocenters. The molecule has 2 rings (SSSR count). The number of hydrogen-bond acceptors (Lipinski definition) is 3. The summed E-state index contributed by atoms with van der Waals surface area (Å²) in [5, 5.41) is 11.5. The lowest BCUT2D eigenvalue weighted by molar-refractivity contribution is -0.141. The smallest absolute Gasteiger partial charge is 0.317 e. The molecule has 1 aliphatic rings. The Balaban J connectivity index is 1.88. The monoisotopic (exact) mass is 296 g/mol. The van der Waals surface area contributed by atoms with E-state index in [4.69, 9.17) is 9.84 Å². The molecular formula is C14H17FN2O4. The minimum Gasteiger partial charge on any atom is -0.497 e. The average molecular weight is 296 g/mol. The van der Waals surface area contributed by atoms with E-state index in [1.165, 1.54) is 18.1 Å². The number of carbonyl (C=O) groups excluding carboxylic acids is 1. The van der Waals surface area contributed by atoms with Crippen molar-refractivity contribution in [1.82, 2.24) is 10.2 Å². The van der Waals surface area contributed by atoms with Crippen molar-refractivity contribution in [2.24, 2.45) is 5.92 Å². The van der Waals surface area contributed by atoms with Gasteiger partial charge in [0.25, 0.3) is 0 Å². The first-order valence-electron chi connectivity index (χ1n) is 6.59. The molecule has 0 aromatic heterocycles. The molecule has 1 heterocycles. The zero-order chi connectivity index (χ0) is 15.4. The molecule has 1 atom stereocenters. The van der Waals surface area contributed by atoms with E-state index in [0.717, 1.165) is 0 Å². The van der Waals surface area contributed by atoms with E-state index in [9.17, 15) is 14.0 Å². The Morgan fingerprint density at radius 2 is 2.29 bits per heavy atom. The molecule has 7 heteroatoms. The fraction of sp³-hybridized carbons (Fsp3) is 0.429. The molecule has 0 spiro atoms. The number of nitrogens with zero attached hydrogens (tertiary/aromatic N) is 1. The fourth-order valence-electron chi connectivity index (χ4n) is 2.23. The lowest BCUT2D eigenvalue weighted by atomic mass is 10.1. The minimum atomic E-state index is -0.897. The van der Waals surface area contributed by atoms with Crippen LogP contribution in [0.15, 0.2) is 18.2 Å². The first-order chi connectivity index (χ1) is 10.0. The third-order valence-corrected chi connectivity index (χ3v) is 3.52. The van der Waals surface area contributed by atoms with Crippen molar-refractivity contribution in [3.63, 3.8) is 0 Å². The van der Waals surface area contributed by atoms with Gasteiger partial charge in [0.1, 0.15) is 11.6 Å². The third-order valence-electron chi connectivity index (χ3n) is 3.52. The van der Waals surface area contributed by atoms with Crippen molar-refractivity contribution in [2.45, 2.75) is 13.0 Å². The van der Waals surface area contributed by atoms with Gasteiger partial charge in [-0.2, -0.15) is 0 Å². The Hall–Kier alpha value is -2.31. The Labute approximate surface area is 121 Å². The summed E-state index contributed by atoms with van der Waals surface area (Å²) in [6.07, 6.45) is 0.444. The Morgan fingerprint density at radius 1 is 1.52 bits per heavy atom. The maximum absolute atomic E-state index is 13.7. The van der Waals surface area contributed by atoms with E-state index in [1.54, 1.807) is 12.1 Å². The molecule has 1 aromatic rings. The first-order valence-corrected chi connectivity index (χ1v) is 6.59. The number of aliphatic carboxylic acids is 1. The summed E-state index contributed by atoms with van der Waals surface area (Å²) in [5.74, 6) is -1.47. The zero-order valence-electron chi connectivity index (χ0n) is 11.6. The van der Waals surface area contributed by atoms with Gasteiger partial charge in [0, 0.05) is 31.3 Å². The molecule has 114 valence electrons. The van der Waals surface area contributed by atoms with Crippen LogP contribution in [0.4, 0.5) is 9.18 Å². The van der Waals surface area contributed by atoms with Crippen LogP contribution in [0.2, 0.25) is 0 Å². The van der Waals surface area contributed by atoms with Crippen molar-refractivity contribution in [3.05, 3.63) is 29.6 Å². The van der Waals surface area contributed by atoms with Gasteiger partial charge in [-0.05, 0) is 12.5 Å². The lowest BCUT2D eigenvalue weighted by Crippen LogP contribution is -2.38. The molecule has 2 amide bonds. The van der Waals surface area contributed by atoms with Gasteiger partial charge in [0.15, 0.2) is 0 Å². The molecule has 2 N–H and O–H groups in total. The summed E-state index contributed by atoms with van der Waals surface area (Å²) >= 11 is 0. The van der Waals surface area contributed by atoms with E-state index in [1.807, 2.05) is 0 Å². The van der Waals surface area contributed by atoms with Gasteiger partial charge in [-0.1, -0.05) is 6.07 Å². The summed E-state index contributed by atoms with van der Waals surface area (Å²) in [6, 6.07) is 4.02.